The lowest BCUT2D eigenvalue weighted by molar-refractivity contribution is 0.955. The number of rotatable bonds is 5. The second-order valence-electron chi connectivity index (χ2n) is 14.2. The molecule has 0 unspecified atom stereocenters. The molecular weight excluding hydrogens is 717 g/mol. The van der Waals surface area contributed by atoms with Crippen molar-refractivity contribution >= 4 is 75.3 Å². The molecule has 12 rings (SSSR count). The van der Waals surface area contributed by atoms with Crippen molar-refractivity contribution in [3.8, 4) is 45.5 Å². The summed E-state index contributed by atoms with van der Waals surface area (Å²) in [6, 6.07) is 61.5. The van der Waals surface area contributed by atoms with Crippen LogP contribution in [0.4, 0.5) is 0 Å². The maximum absolute atomic E-state index is 5.36. The van der Waals surface area contributed by atoms with Gasteiger partial charge in [-0.05, 0) is 47.5 Å². The molecule has 0 aliphatic carbocycles. The van der Waals surface area contributed by atoms with E-state index in [1.54, 1.807) is 11.3 Å². The zero-order valence-electron chi connectivity index (χ0n) is 30.4. The number of para-hydroxylation sites is 3. The average molecular weight is 747 g/mol. The van der Waals surface area contributed by atoms with E-state index >= 15 is 0 Å². The van der Waals surface area contributed by atoms with E-state index in [4.69, 9.17) is 19.9 Å². The van der Waals surface area contributed by atoms with Gasteiger partial charge in [-0.3, -0.25) is 4.57 Å². The molecule has 5 aromatic heterocycles. The third-order valence-corrected chi connectivity index (χ3v) is 12.2. The van der Waals surface area contributed by atoms with Gasteiger partial charge in [-0.1, -0.05) is 140 Å². The van der Waals surface area contributed by atoms with Gasteiger partial charge in [0, 0.05) is 55.3 Å². The second kappa shape index (κ2) is 12.5. The van der Waals surface area contributed by atoms with Gasteiger partial charge in [0.25, 0.3) is 0 Å². The third kappa shape index (κ3) is 4.83. The van der Waals surface area contributed by atoms with Crippen molar-refractivity contribution < 1.29 is 0 Å². The molecule has 7 heteroatoms. The molecule has 7 aromatic carbocycles. The SMILES string of the molecule is c1ccc(-c2ccc(-c3nc(-c4ccccc4)nc(-n4c5ccccc5c5c4c4sc6ncccc6c4c4c6ccccc6n(-c6ccccc6)c45)n3)cc2)cc1. The van der Waals surface area contributed by atoms with E-state index in [1.165, 1.54) is 16.2 Å². The monoisotopic (exact) mass is 746 g/mol. The number of hydrogen-bond donors (Lipinski definition) is 0. The lowest BCUT2D eigenvalue weighted by Gasteiger charge is -2.12. The second-order valence-corrected chi connectivity index (χ2v) is 15.2. The molecule has 0 aliphatic rings. The van der Waals surface area contributed by atoms with E-state index in [9.17, 15) is 0 Å². The fourth-order valence-electron chi connectivity index (χ4n) is 8.58. The molecule has 0 spiro atoms. The number of hydrogen-bond acceptors (Lipinski definition) is 5. The molecule has 0 saturated carbocycles. The maximum atomic E-state index is 5.36. The van der Waals surface area contributed by atoms with Crippen LogP contribution in [0.15, 0.2) is 182 Å². The highest BCUT2D eigenvalue weighted by Crippen LogP contribution is 2.50. The van der Waals surface area contributed by atoms with E-state index < -0.39 is 0 Å². The maximum Gasteiger partial charge on any atom is 0.238 e. The normalized spacial score (nSPS) is 11.9. The minimum atomic E-state index is 0.561. The van der Waals surface area contributed by atoms with E-state index in [1.807, 2.05) is 36.5 Å². The van der Waals surface area contributed by atoms with Crippen LogP contribution >= 0.6 is 11.3 Å². The highest BCUT2D eigenvalue weighted by Gasteiger charge is 2.28. The molecule has 0 atom stereocenters. The first-order chi connectivity index (χ1) is 28.3. The summed E-state index contributed by atoms with van der Waals surface area (Å²) >= 11 is 1.73. The van der Waals surface area contributed by atoms with Crippen LogP contribution < -0.4 is 0 Å². The van der Waals surface area contributed by atoms with Crippen LogP contribution in [0.5, 0.6) is 0 Å². The number of fused-ring (bicyclic) bond motifs is 12. The number of pyridine rings is 1. The van der Waals surface area contributed by atoms with Crippen LogP contribution in [0.2, 0.25) is 0 Å². The number of nitrogens with zero attached hydrogens (tertiary/aromatic N) is 6. The van der Waals surface area contributed by atoms with E-state index in [0.29, 0.717) is 17.6 Å². The molecule has 0 saturated heterocycles. The van der Waals surface area contributed by atoms with Crippen molar-refractivity contribution in [1.82, 2.24) is 29.1 Å². The third-order valence-electron chi connectivity index (χ3n) is 11.0. The van der Waals surface area contributed by atoms with E-state index in [2.05, 4.69) is 155 Å². The summed E-state index contributed by atoms with van der Waals surface area (Å²) < 4.78 is 5.85. The first kappa shape index (κ1) is 31.8. The fourth-order valence-corrected chi connectivity index (χ4v) is 9.77. The van der Waals surface area contributed by atoms with E-state index in [-0.39, 0.29) is 0 Å². The Morgan fingerprint density at radius 3 is 1.61 bits per heavy atom. The summed E-state index contributed by atoms with van der Waals surface area (Å²) in [7, 11) is 0. The van der Waals surface area contributed by atoms with Crippen molar-refractivity contribution in [3.63, 3.8) is 0 Å². The fraction of sp³-hybridized carbons (Fsp3) is 0. The Balaban J connectivity index is 1.25. The first-order valence-corrected chi connectivity index (χ1v) is 19.8. The summed E-state index contributed by atoms with van der Waals surface area (Å²) in [4.78, 5) is 21.7. The molecule has 0 aliphatic heterocycles. The standard InChI is InChI=1S/C50H30N6S/c1-4-15-31(16-5-1)32-26-28-34(29-27-32)48-52-47(33-17-6-2-7-18-33)53-50(54-48)56-40-25-13-11-22-37(40)43-44-41(42-38-23-14-30-51-49(38)57-46(42)45(43)56)36-21-10-12-24-39(36)55(44)35-19-8-3-9-20-35/h1-30H. The summed E-state index contributed by atoms with van der Waals surface area (Å²) in [5.41, 5.74) is 9.62. The van der Waals surface area contributed by atoms with Crippen LogP contribution in [-0.4, -0.2) is 29.1 Å². The molecule has 266 valence electrons. The zero-order chi connectivity index (χ0) is 37.5. The Bertz CT molecular complexity index is 3500. The molecule has 0 radical (unpaired) electrons. The zero-order valence-corrected chi connectivity index (χ0v) is 31.2. The first-order valence-electron chi connectivity index (χ1n) is 19.0. The minimum absolute atomic E-state index is 0.561. The summed E-state index contributed by atoms with van der Waals surface area (Å²) in [5, 5.41) is 7.03. The smallest absolute Gasteiger partial charge is 0.238 e. The van der Waals surface area contributed by atoms with E-state index in [0.717, 1.165) is 75.7 Å². The number of aromatic nitrogens is 6. The van der Waals surface area contributed by atoms with Crippen molar-refractivity contribution in [1.29, 1.82) is 0 Å². The highest BCUT2D eigenvalue weighted by atomic mass is 32.1. The average Bonchev–Trinajstić information content (AvgIpc) is 3.95. The minimum Gasteiger partial charge on any atom is -0.309 e. The van der Waals surface area contributed by atoms with Gasteiger partial charge in [0.1, 0.15) is 4.83 Å². The van der Waals surface area contributed by atoms with Crippen molar-refractivity contribution in [2.45, 2.75) is 0 Å². The van der Waals surface area contributed by atoms with Crippen LogP contribution in [0.1, 0.15) is 0 Å². The Morgan fingerprint density at radius 2 is 0.912 bits per heavy atom. The van der Waals surface area contributed by atoms with Crippen molar-refractivity contribution in [2.24, 2.45) is 0 Å². The predicted molar refractivity (Wildman–Crippen MR) is 235 cm³/mol. The van der Waals surface area contributed by atoms with Crippen LogP contribution in [0.25, 0.3) is 109 Å². The van der Waals surface area contributed by atoms with Gasteiger partial charge in [-0.25, -0.2) is 9.97 Å². The van der Waals surface area contributed by atoms with Gasteiger partial charge in [0.2, 0.25) is 5.95 Å². The molecule has 5 heterocycles. The lowest BCUT2D eigenvalue weighted by atomic mass is 10.0. The Hall–Kier alpha value is -7.48. The number of benzene rings is 7. The molecular formula is C50H30N6S. The quantitative estimate of drug-likeness (QED) is 0.176. The lowest BCUT2D eigenvalue weighted by Crippen LogP contribution is -2.06. The molecule has 6 nitrogen and oxygen atoms in total. The summed E-state index contributed by atoms with van der Waals surface area (Å²) in [5.74, 6) is 1.78. The van der Waals surface area contributed by atoms with Crippen LogP contribution in [0, 0.1) is 0 Å². The van der Waals surface area contributed by atoms with Crippen molar-refractivity contribution in [2.75, 3.05) is 0 Å². The van der Waals surface area contributed by atoms with Crippen molar-refractivity contribution in [3.05, 3.63) is 182 Å². The van der Waals surface area contributed by atoms with Gasteiger partial charge in [0.15, 0.2) is 11.6 Å². The Morgan fingerprint density at radius 1 is 0.386 bits per heavy atom. The molecule has 57 heavy (non-hydrogen) atoms. The largest absolute Gasteiger partial charge is 0.309 e. The Labute approximate surface area is 330 Å². The van der Waals surface area contributed by atoms with Gasteiger partial charge < -0.3 is 4.57 Å². The van der Waals surface area contributed by atoms with Gasteiger partial charge in [-0.15, -0.1) is 11.3 Å². The van der Waals surface area contributed by atoms with Gasteiger partial charge in [0.05, 0.1) is 26.8 Å². The highest BCUT2D eigenvalue weighted by molar-refractivity contribution is 7.26. The van der Waals surface area contributed by atoms with Gasteiger partial charge >= 0.3 is 0 Å². The molecule has 0 fully saturated rings. The topological polar surface area (TPSA) is 61.4 Å². The van der Waals surface area contributed by atoms with Crippen LogP contribution in [-0.2, 0) is 0 Å². The molecule has 0 bridgehead atoms. The summed E-state index contributed by atoms with van der Waals surface area (Å²) in [6.45, 7) is 0. The molecule has 0 N–H and O–H groups in total. The van der Waals surface area contributed by atoms with Crippen LogP contribution in [0.3, 0.4) is 0 Å². The van der Waals surface area contributed by atoms with Gasteiger partial charge in [-0.2, -0.15) is 9.97 Å². The molecule has 0 amide bonds. The predicted octanol–water partition coefficient (Wildman–Crippen LogP) is 12.8. The molecule has 12 aromatic rings. The number of thiophene rings is 1. The summed E-state index contributed by atoms with van der Waals surface area (Å²) in [6.07, 6.45) is 1.89. The Kier molecular flexibility index (Phi) is 7.00.